The molecule has 0 aliphatic rings. The second-order valence-corrected chi connectivity index (χ2v) is 4.46. The Balaban J connectivity index is 2.53. The number of ketones is 1. The third-order valence-electron chi connectivity index (χ3n) is 3.18. The van der Waals surface area contributed by atoms with E-state index in [0.717, 1.165) is 6.07 Å². The van der Waals surface area contributed by atoms with Crippen LogP contribution in [-0.2, 0) is 0 Å². The van der Waals surface area contributed by atoms with Crippen molar-refractivity contribution in [2.75, 3.05) is 14.2 Å². The molecule has 0 aliphatic carbocycles. The smallest absolute Gasteiger partial charge is 0.202 e. The summed E-state index contributed by atoms with van der Waals surface area (Å²) in [6, 6.07) is 8.85. The minimum Gasteiger partial charge on any atom is -0.494 e. The van der Waals surface area contributed by atoms with E-state index in [1.54, 1.807) is 18.2 Å². The molecule has 0 saturated heterocycles. The minimum absolute atomic E-state index is 0.230. The van der Waals surface area contributed by atoms with Gasteiger partial charge >= 0.3 is 0 Å². The Kier molecular flexibility index (Phi) is 4.72. The maximum absolute atomic E-state index is 14.2. The third kappa shape index (κ3) is 2.78. The highest BCUT2D eigenvalue weighted by atomic mass is 19.1. The van der Waals surface area contributed by atoms with Gasteiger partial charge in [-0.2, -0.15) is 0 Å². The van der Waals surface area contributed by atoms with E-state index in [2.05, 4.69) is 0 Å². The minimum atomic E-state index is -1.69. The molecular formula is C16H14F2O4. The highest BCUT2D eigenvalue weighted by molar-refractivity contribution is 6.01. The fourth-order valence-electron chi connectivity index (χ4n) is 2.03. The van der Waals surface area contributed by atoms with Gasteiger partial charge < -0.3 is 14.6 Å². The summed E-state index contributed by atoms with van der Waals surface area (Å²) in [6.07, 6.45) is -1.69. The van der Waals surface area contributed by atoms with E-state index in [1.165, 1.54) is 26.4 Å². The average molecular weight is 308 g/mol. The van der Waals surface area contributed by atoms with Crippen molar-refractivity contribution in [3.63, 3.8) is 0 Å². The fraction of sp³-hybridized carbons (Fsp3) is 0.188. The van der Waals surface area contributed by atoms with Gasteiger partial charge in [-0.25, -0.2) is 8.78 Å². The van der Waals surface area contributed by atoms with Gasteiger partial charge in [0.15, 0.2) is 23.1 Å². The summed E-state index contributed by atoms with van der Waals surface area (Å²) >= 11 is 0. The van der Waals surface area contributed by atoms with Crippen LogP contribution in [0.5, 0.6) is 11.5 Å². The summed E-state index contributed by atoms with van der Waals surface area (Å²) in [5, 5.41) is 10.1. The zero-order chi connectivity index (χ0) is 16.3. The molecule has 0 fully saturated rings. The summed E-state index contributed by atoms with van der Waals surface area (Å²) in [4.78, 5) is 12.3. The Bertz CT molecular complexity index is 658. The van der Waals surface area contributed by atoms with Crippen LogP contribution in [0.4, 0.5) is 8.78 Å². The number of ether oxygens (including phenoxy) is 2. The number of rotatable bonds is 5. The Labute approximate surface area is 125 Å². The number of methoxy groups -OCH3 is 2. The van der Waals surface area contributed by atoms with Crippen LogP contribution in [0, 0.1) is 11.6 Å². The van der Waals surface area contributed by atoms with Gasteiger partial charge in [0.1, 0.15) is 6.10 Å². The number of aliphatic hydroxyl groups excluding tert-OH is 1. The number of carbonyl (C=O) groups excluding carboxylic acids is 1. The molecule has 1 atom stereocenters. The molecule has 0 aromatic heterocycles. The number of benzene rings is 2. The predicted molar refractivity (Wildman–Crippen MR) is 75.2 cm³/mol. The molecule has 1 N–H and O–H groups in total. The van der Waals surface area contributed by atoms with Crippen molar-refractivity contribution in [1.29, 1.82) is 0 Å². The van der Waals surface area contributed by atoms with Crippen LogP contribution in [0.25, 0.3) is 0 Å². The van der Waals surface area contributed by atoms with E-state index in [0.29, 0.717) is 0 Å². The van der Waals surface area contributed by atoms with Gasteiger partial charge in [-0.05, 0) is 5.56 Å². The van der Waals surface area contributed by atoms with Crippen molar-refractivity contribution in [3.8, 4) is 11.5 Å². The lowest BCUT2D eigenvalue weighted by Crippen LogP contribution is -2.17. The normalized spacial score (nSPS) is 11.9. The molecule has 22 heavy (non-hydrogen) atoms. The van der Waals surface area contributed by atoms with Crippen molar-refractivity contribution < 1.29 is 28.2 Å². The quantitative estimate of drug-likeness (QED) is 0.863. The lowest BCUT2D eigenvalue weighted by molar-refractivity contribution is 0.0736. The lowest BCUT2D eigenvalue weighted by Gasteiger charge is -2.15. The van der Waals surface area contributed by atoms with Gasteiger partial charge in [0.05, 0.1) is 19.8 Å². The van der Waals surface area contributed by atoms with Crippen LogP contribution >= 0.6 is 0 Å². The largest absolute Gasteiger partial charge is 0.494 e. The maximum atomic E-state index is 14.2. The van der Waals surface area contributed by atoms with E-state index in [4.69, 9.17) is 9.47 Å². The molecule has 2 rings (SSSR count). The first-order valence-electron chi connectivity index (χ1n) is 6.38. The van der Waals surface area contributed by atoms with Crippen LogP contribution in [0.1, 0.15) is 22.0 Å². The molecule has 6 heteroatoms. The first-order valence-corrected chi connectivity index (χ1v) is 6.38. The Morgan fingerprint density at radius 2 is 1.55 bits per heavy atom. The second kappa shape index (κ2) is 6.53. The molecule has 116 valence electrons. The van der Waals surface area contributed by atoms with Crippen LogP contribution in [0.2, 0.25) is 0 Å². The molecule has 0 amide bonds. The number of Topliss-reactive ketones (excluding diaryl/α,β-unsaturated/α-hetero) is 1. The van der Waals surface area contributed by atoms with Gasteiger partial charge in [-0.15, -0.1) is 0 Å². The first kappa shape index (κ1) is 15.9. The number of aliphatic hydroxyl groups is 1. The second-order valence-electron chi connectivity index (χ2n) is 4.46. The van der Waals surface area contributed by atoms with Crippen molar-refractivity contribution in [2.24, 2.45) is 0 Å². The lowest BCUT2D eigenvalue weighted by atomic mass is 9.98. The van der Waals surface area contributed by atoms with Crippen molar-refractivity contribution in [1.82, 2.24) is 0 Å². The number of hydrogen-bond donors (Lipinski definition) is 1. The Hall–Kier alpha value is -2.47. The van der Waals surface area contributed by atoms with E-state index < -0.39 is 29.1 Å². The average Bonchev–Trinajstić information content (AvgIpc) is 2.55. The van der Waals surface area contributed by atoms with Crippen LogP contribution < -0.4 is 9.47 Å². The molecule has 1 unspecified atom stereocenters. The van der Waals surface area contributed by atoms with E-state index in [1.807, 2.05) is 0 Å². The monoisotopic (exact) mass is 308 g/mol. The molecule has 2 aromatic carbocycles. The SMILES string of the molecule is COc1cc(OC)c(F)c(C(=O)C(O)c2ccccc2)c1F. The molecule has 0 bridgehead atoms. The molecule has 0 spiro atoms. The molecule has 4 nitrogen and oxygen atoms in total. The third-order valence-corrected chi connectivity index (χ3v) is 3.18. The first-order chi connectivity index (χ1) is 10.5. The maximum Gasteiger partial charge on any atom is 0.202 e. The van der Waals surface area contributed by atoms with Gasteiger partial charge in [-0.1, -0.05) is 30.3 Å². The van der Waals surface area contributed by atoms with Gasteiger partial charge in [0.2, 0.25) is 5.78 Å². The van der Waals surface area contributed by atoms with Crippen molar-refractivity contribution in [3.05, 3.63) is 59.2 Å². The van der Waals surface area contributed by atoms with Crippen LogP contribution in [-0.4, -0.2) is 25.1 Å². The fourth-order valence-corrected chi connectivity index (χ4v) is 2.03. The zero-order valence-electron chi connectivity index (χ0n) is 12.0. The molecule has 0 aliphatic heterocycles. The van der Waals surface area contributed by atoms with Crippen molar-refractivity contribution in [2.45, 2.75) is 6.10 Å². The number of hydrogen-bond acceptors (Lipinski definition) is 4. The predicted octanol–water partition coefficient (Wildman–Crippen LogP) is 2.90. The molecule has 2 aromatic rings. The summed E-state index contributed by atoms with van der Waals surface area (Å²) in [7, 11) is 2.36. The van der Waals surface area contributed by atoms with E-state index in [9.17, 15) is 18.7 Å². The zero-order valence-corrected chi connectivity index (χ0v) is 12.0. The Morgan fingerprint density at radius 3 is 2.00 bits per heavy atom. The van der Waals surface area contributed by atoms with Gasteiger partial charge in [-0.3, -0.25) is 4.79 Å². The van der Waals surface area contributed by atoms with Gasteiger partial charge in [0, 0.05) is 6.07 Å². The topological polar surface area (TPSA) is 55.8 Å². The highest BCUT2D eigenvalue weighted by Gasteiger charge is 2.30. The molecular weight excluding hydrogens is 294 g/mol. The van der Waals surface area contributed by atoms with Crippen LogP contribution in [0.15, 0.2) is 36.4 Å². The van der Waals surface area contributed by atoms with Gasteiger partial charge in [0.25, 0.3) is 0 Å². The summed E-state index contributed by atoms with van der Waals surface area (Å²) < 4.78 is 38.0. The summed E-state index contributed by atoms with van der Waals surface area (Å²) in [6.45, 7) is 0. The highest BCUT2D eigenvalue weighted by Crippen LogP contribution is 2.33. The number of carbonyl (C=O) groups is 1. The van der Waals surface area contributed by atoms with Crippen LogP contribution in [0.3, 0.4) is 0 Å². The number of halogens is 2. The summed E-state index contributed by atoms with van der Waals surface area (Å²) in [5.74, 6) is -4.16. The molecule has 0 radical (unpaired) electrons. The molecule has 0 heterocycles. The van der Waals surface area contributed by atoms with E-state index in [-0.39, 0.29) is 17.1 Å². The van der Waals surface area contributed by atoms with Crippen molar-refractivity contribution >= 4 is 5.78 Å². The summed E-state index contributed by atoms with van der Waals surface area (Å²) in [5.41, 5.74) is -0.666. The Morgan fingerprint density at radius 1 is 1.05 bits per heavy atom. The molecule has 0 saturated carbocycles. The standard InChI is InChI=1S/C16H14F2O4/c1-21-10-8-11(22-2)14(18)12(13(10)17)16(20)15(19)9-6-4-3-5-7-9/h3-8,15,19H,1-2H3. The van der Waals surface area contributed by atoms with E-state index >= 15 is 0 Å².